The molecule has 0 unspecified atom stereocenters. The molecule has 2 amide bonds. The minimum absolute atomic E-state index is 0.0596. The van der Waals surface area contributed by atoms with Gasteiger partial charge in [-0.15, -0.1) is 0 Å². The monoisotopic (exact) mass is 464 g/mol. The highest BCUT2D eigenvalue weighted by atomic mass is 19.4. The fraction of sp³-hybridized carbons (Fsp3) is 0.185. The summed E-state index contributed by atoms with van der Waals surface area (Å²) in [4.78, 5) is 27.9. The number of carbonyl (C=O) groups is 2. The van der Waals surface area contributed by atoms with E-state index in [1.54, 1.807) is 42.5 Å². The van der Waals surface area contributed by atoms with Crippen LogP contribution < -0.4 is 10.2 Å². The van der Waals surface area contributed by atoms with Crippen molar-refractivity contribution in [3.8, 4) is 0 Å². The maximum absolute atomic E-state index is 13.5. The number of alkyl halides is 3. The summed E-state index contributed by atoms with van der Waals surface area (Å²) in [7, 11) is 0. The van der Waals surface area contributed by atoms with Crippen molar-refractivity contribution in [2.75, 3.05) is 10.2 Å². The van der Waals surface area contributed by atoms with Gasteiger partial charge in [0.05, 0.1) is 16.8 Å². The van der Waals surface area contributed by atoms with Crippen molar-refractivity contribution in [2.24, 2.45) is 0 Å². The maximum atomic E-state index is 13.5. The molecule has 0 saturated carbocycles. The second-order valence-electron chi connectivity index (χ2n) is 9.06. The molecule has 0 aliphatic carbocycles. The van der Waals surface area contributed by atoms with Crippen LogP contribution in [0.25, 0.3) is 5.57 Å². The van der Waals surface area contributed by atoms with Crippen LogP contribution >= 0.6 is 0 Å². The molecule has 0 bridgehead atoms. The third kappa shape index (κ3) is 4.46. The van der Waals surface area contributed by atoms with Gasteiger partial charge in [0.15, 0.2) is 0 Å². The Hall–Kier alpha value is -3.87. The van der Waals surface area contributed by atoms with Crippen LogP contribution in [0.3, 0.4) is 0 Å². The quantitative estimate of drug-likeness (QED) is 0.455. The predicted molar refractivity (Wildman–Crippen MR) is 126 cm³/mol. The first-order chi connectivity index (χ1) is 16.0. The summed E-state index contributed by atoms with van der Waals surface area (Å²) < 4.78 is 39.6. The van der Waals surface area contributed by atoms with Gasteiger partial charge in [-0.3, -0.25) is 9.59 Å². The van der Waals surface area contributed by atoms with Crippen LogP contribution in [0.1, 0.15) is 37.5 Å². The topological polar surface area (TPSA) is 49.4 Å². The van der Waals surface area contributed by atoms with E-state index in [1.807, 2.05) is 12.1 Å². The third-order valence-electron chi connectivity index (χ3n) is 5.60. The van der Waals surface area contributed by atoms with E-state index in [0.717, 1.165) is 22.6 Å². The Kier molecular flexibility index (Phi) is 5.81. The van der Waals surface area contributed by atoms with E-state index in [4.69, 9.17) is 0 Å². The molecule has 1 heterocycles. The van der Waals surface area contributed by atoms with E-state index >= 15 is 0 Å². The predicted octanol–water partition coefficient (Wildman–Crippen LogP) is 6.40. The van der Waals surface area contributed by atoms with Gasteiger partial charge < -0.3 is 5.32 Å². The number of imide groups is 1. The summed E-state index contributed by atoms with van der Waals surface area (Å²) in [6, 6.07) is 20.2. The van der Waals surface area contributed by atoms with Crippen molar-refractivity contribution >= 4 is 28.8 Å². The first-order valence-electron chi connectivity index (χ1n) is 10.7. The summed E-state index contributed by atoms with van der Waals surface area (Å²) >= 11 is 0. The number of nitrogens with zero attached hydrogens (tertiary/aromatic N) is 1. The molecule has 0 saturated heterocycles. The van der Waals surface area contributed by atoms with Gasteiger partial charge in [0.25, 0.3) is 11.8 Å². The highest BCUT2D eigenvalue weighted by molar-refractivity contribution is 6.46. The molecule has 174 valence electrons. The van der Waals surface area contributed by atoms with E-state index in [-0.39, 0.29) is 22.4 Å². The summed E-state index contributed by atoms with van der Waals surface area (Å²) in [5, 5.41) is 2.79. The molecule has 4 nitrogen and oxygen atoms in total. The lowest BCUT2D eigenvalue weighted by Gasteiger charge is -2.21. The molecule has 3 aromatic carbocycles. The summed E-state index contributed by atoms with van der Waals surface area (Å²) in [6.07, 6.45) is -4.54. The van der Waals surface area contributed by atoms with Gasteiger partial charge in [-0.05, 0) is 46.9 Å². The van der Waals surface area contributed by atoms with Gasteiger partial charge >= 0.3 is 6.18 Å². The number of carbonyl (C=O) groups excluding carboxylic acids is 2. The highest BCUT2D eigenvalue weighted by Crippen LogP contribution is 2.36. The van der Waals surface area contributed by atoms with Gasteiger partial charge in [-0.25, -0.2) is 4.90 Å². The van der Waals surface area contributed by atoms with Crippen LogP contribution in [-0.2, 0) is 21.2 Å². The second kappa shape index (κ2) is 8.48. The molecule has 3 aromatic rings. The summed E-state index contributed by atoms with van der Waals surface area (Å²) in [5.41, 5.74) is 1.03. The van der Waals surface area contributed by atoms with Crippen LogP contribution in [0.2, 0.25) is 0 Å². The van der Waals surface area contributed by atoms with Crippen LogP contribution in [0.4, 0.5) is 24.5 Å². The number of hydrogen-bond donors (Lipinski definition) is 1. The first kappa shape index (κ1) is 23.3. The molecular weight excluding hydrogens is 441 g/mol. The Morgan fingerprint density at radius 1 is 0.735 bits per heavy atom. The molecule has 0 atom stereocenters. The Labute approximate surface area is 195 Å². The zero-order valence-electron chi connectivity index (χ0n) is 18.9. The van der Waals surface area contributed by atoms with Crippen LogP contribution in [0, 0.1) is 0 Å². The fourth-order valence-electron chi connectivity index (χ4n) is 3.78. The number of rotatable bonds is 4. The lowest BCUT2D eigenvalue weighted by atomic mass is 9.87. The standard InChI is InChI=1S/C27H23F3N2O2/c1-26(2,3)18-12-14-21(15-13-18)32-24(33)22(17-8-5-4-6-9-17)23(25(32)34)31-20-11-7-10-19(16-20)27(28,29)30/h4-16,31H,1-3H3. The van der Waals surface area contributed by atoms with Crippen molar-refractivity contribution < 1.29 is 22.8 Å². The average molecular weight is 464 g/mol. The van der Waals surface area contributed by atoms with Crippen LogP contribution in [-0.4, -0.2) is 11.8 Å². The minimum atomic E-state index is -4.54. The number of anilines is 2. The molecule has 0 fully saturated rings. The number of amides is 2. The van der Waals surface area contributed by atoms with E-state index in [0.29, 0.717) is 11.3 Å². The third-order valence-corrected chi connectivity index (χ3v) is 5.60. The Balaban J connectivity index is 1.77. The molecular formula is C27H23F3N2O2. The van der Waals surface area contributed by atoms with Crippen molar-refractivity contribution in [2.45, 2.75) is 32.4 Å². The van der Waals surface area contributed by atoms with E-state index in [1.165, 1.54) is 12.1 Å². The molecule has 7 heteroatoms. The zero-order chi connectivity index (χ0) is 24.7. The lowest BCUT2D eigenvalue weighted by Crippen LogP contribution is -2.32. The first-order valence-corrected chi connectivity index (χ1v) is 10.7. The van der Waals surface area contributed by atoms with E-state index in [2.05, 4.69) is 26.1 Å². The molecule has 34 heavy (non-hydrogen) atoms. The van der Waals surface area contributed by atoms with Crippen LogP contribution in [0.5, 0.6) is 0 Å². The largest absolute Gasteiger partial charge is 0.416 e. The molecule has 4 rings (SSSR count). The normalized spacial score (nSPS) is 14.7. The molecule has 0 radical (unpaired) electrons. The van der Waals surface area contributed by atoms with Crippen molar-refractivity contribution in [3.05, 3.63) is 101 Å². The molecule has 0 spiro atoms. The fourth-order valence-corrected chi connectivity index (χ4v) is 3.78. The SMILES string of the molecule is CC(C)(C)c1ccc(N2C(=O)C(Nc3cccc(C(F)(F)F)c3)=C(c3ccccc3)C2=O)cc1. The summed E-state index contributed by atoms with van der Waals surface area (Å²) in [5.74, 6) is -1.18. The van der Waals surface area contributed by atoms with Crippen molar-refractivity contribution in [1.82, 2.24) is 0 Å². The van der Waals surface area contributed by atoms with Gasteiger partial charge in [0.2, 0.25) is 0 Å². The lowest BCUT2D eigenvalue weighted by molar-refractivity contribution is -0.137. The zero-order valence-corrected chi connectivity index (χ0v) is 18.9. The number of hydrogen-bond acceptors (Lipinski definition) is 3. The Morgan fingerprint density at radius 3 is 1.97 bits per heavy atom. The average Bonchev–Trinajstić information content (AvgIpc) is 3.03. The van der Waals surface area contributed by atoms with Crippen molar-refractivity contribution in [1.29, 1.82) is 0 Å². The molecule has 1 aliphatic heterocycles. The number of halogens is 3. The molecule has 1 aliphatic rings. The maximum Gasteiger partial charge on any atom is 0.416 e. The van der Waals surface area contributed by atoms with E-state index < -0.39 is 23.6 Å². The molecule has 1 N–H and O–H groups in total. The number of nitrogens with one attached hydrogen (secondary N) is 1. The number of benzene rings is 3. The van der Waals surface area contributed by atoms with Crippen LogP contribution in [0.15, 0.2) is 84.6 Å². The van der Waals surface area contributed by atoms with Gasteiger partial charge in [-0.1, -0.05) is 69.3 Å². The highest BCUT2D eigenvalue weighted by Gasteiger charge is 2.40. The van der Waals surface area contributed by atoms with Crippen molar-refractivity contribution in [3.63, 3.8) is 0 Å². The smallest absolute Gasteiger partial charge is 0.350 e. The van der Waals surface area contributed by atoms with Gasteiger partial charge in [-0.2, -0.15) is 13.2 Å². The Morgan fingerprint density at radius 2 is 1.38 bits per heavy atom. The van der Waals surface area contributed by atoms with Gasteiger partial charge in [0.1, 0.15) is 5.70 Å². The summed E-state index contributed by atoms with van der Waals surface area (Å²) in [6.45, 7) is 6.17. The van der Waals surface area contributed by atoms with E-state index in [9.17, 15) is 22.8 Å². The second-order valence-corrected chi connectivity index (χ2v) is 9.06. The Bertz CT molecular complexity index is 1270. The minimum Gasteiger partial charge on any atom is -0.350 e. The molecule has 0 aromatic heterocycles. The van der Waals surface area contributed by atoms with Gasteiger partial charge in [0, 0.05) is 5.69 Å².